The minimum Gasteiger partial charge on any atom is -0.211 e. The van der Waals surface area contributed by atoms with Crippen molar-refractivity contribution in [2.45, 2.75) is 24.2 Å². The minimum atomic E-state index is -3.64. The molecule has 1 aromatic rings. The van der Waals surface area contributed by atoms with Crippen molar-refractivity contribution in [1.82, 2.24) is 4.72 Å². The highest BCUT2D eigenvalue weighted by molar-refractivity contribution is 9.10. The summed E-state index contributed by atoms with van der Waals surface area (Å²) in [5.41, 5.74) is 0. The highest BCUT2D eigenvalue weighted by Crippen LogP contribution is 2.33. The van der Waals surface area contributed by atoms with Gasteiger partial charge in [-0.3, -0.25) is 0 Å². The second kappa shape index (κ2) is 5.67. The van der Waals surface area contributed by atoms with Gasteiger partial charge >= 0.3 is 0 Å². The monoisotopic (exact) mass is 371 g/mol. The summed E-state index contributed by atoms with van der Waals surface area (Å²) in [5.74, 6) is 0.438. The van der Waals surface area contributed by atoms with Crippen molar-refractivity contribution in [3.05, 3.63) is 26.7 Å². The third kappa shape index (κ3) is 3.20. The van der Waals surface area contributed by atoms with Crippen LogP contribution in [0.4, 0.5) is 0 Å². The molecule has 1 aromatic carbocycles. The predicted molar refractivity (Wildman–Crippen MR) is 76.7 cm³/mol. The van der Waals surface area contributed by atoms with E-state index in [0.717, 1.165) is 12.8 Å². The van der Waals surface area contributed by atoms with Gasteiger partial charge in [-0.25, -0.2) is 13.1 Å². The lowest BCUT2D eigenvalue weighted by atomic mass is 9.86. The van der Waals surface area contributed by atoms with E-state index in [1.807, 2.05) is 0 Å². The maximum atomic E-state index is 12.1. The number of hydrogen-bond acceptors (Lipinski definition) is 2. The van der Waals surface area contributed by atoms with Crippen molar-refractivity contribution in [2.24, 2.45) is 5.92 Å². The van der Waals surface area contributed by atoms with Gasteiger partial charge in [-0.05, 0) is 30.9 Å². The van der Waals surface area contributed by atoms with Crippen LogP contribution < -0.4 is 4.72 Å². The summed E-state index contributed by atoms with van der Waals surface area (Å²) < 4.78 is 27.5. The van der Waals surface area contributed by atoms with Gasteiger partial charge in [0.25, 0.3) is 0 Å². The molecule has 1 aliphatic carbocycles. The highest BCUT2D eigenvalue weighted by atomic mass is 79.9. The van der Waals surface area contributed by atoms with E-state index in [9.17, 15) is 8.42 Å². The Hall–Kier alpha value is 0.190. The smallest absolute Gasteiger partial charge is 0.211 e. The Labute approximate surface area is 125 Å². The maximum Gasteiger partial charge on any atom is 0.243 e. The molecule has 1 fully saturated rings. The molecule has 0 saturated heterocycles. The molecule has 0 radical (unpaired) electrons. The third-order valence-electron chi connectivity index (χ3n) is 3.02. The molecule has 2 rings (SSSR count). The third-order valence-corrected chi connectivity index (χ3v) is 5.82. The van der Waals surface area contributed by atoms with Crippen LogP contribution in [0.2, 0.25) is 10.0 Å². The maximum absolute atomic E-state index is 12.1. The molecule has 7 heteroatoms. The molecular formula is C11H12BrCl2NO2S. The van der Waals surface area contributed by atoms with Gasteiger partial charge in [-0.15, -0.1) is 0 Å². The standard InChI is InChI=1S/C11H12BrCl2NO2S/c12-8-4-9(13)11(10(14)5-8)18(16,17)15-6-7-2-1-3-7/h4-5,7,15H,1-3,6H2. The van der Waals surface area contributed by atoms with Gasteiger partial charge in [0.15, 0.2) is 0 Å². The summed E-state index contributed by atoms with van der Waals surface area (Å²) >= 11 is 15.1. The summed E-state index contributed by atoms with van der Waals surface area (Å²) in [6.07, 6.45) is 3.32. The van der Waals surface area contributed by atoms with Gasteiger partial charge in [0, 0.05) is 11.0 Å². The molecule has 1 saturated carbocycles. The normalized spacial score (nSPS) is 16.6. The first-order valence-corrected chi connectivity index (χ1v) is 8.57. The van der Waals surface area contributed by atoms with E-state index in [0.29, 0.717) is 16.9 Å². The van der Waals surface area contributed by atoms with Crippen LogP contribution in [0, 0.1) is 5.92 Å². The lowest BCUT2D eigenvalue weighted by Gasteiger charge is -2.25. The Bertz CT molecular complexity index is 535. The zero-order chi connectivity index (χ0) is 13.3. The van der Waals surface area contributed by atoms with Gasteiger partial charge in [0.1, 0.15) is 4.90 Å². The van der Waals surface area contributed by atoms with Crippen molar-refractivity contribution in [2.75, 3.05) is 6.54 Å². The van der Waals surface area contributed by atoms with E-state index in [1.165, 1.54) is 18.6 Å². The van der Waals surface area contributed by atoms with Crippen molar-refractivity contribution in [3.63, 3.8) is 0 Å². The molecule has 3 nitrogen and oxygen atoms in total. The topological polar surface area (TPSA) is 46.2 Å². The van der Waals surface area contributed by atoms with Crippen molar-refractivity contribution in [1.29, 1.82) is 0 Å². The quantitative estimate of drug-likeness (QED) is 0.872. The molecule has 0 aromatic heterocycles. The zero-order valence-corrected chi connectivity index (χ0v) is 13.3. The molecule has 0 spiro atoms. The fraction of sp³-hybridized carbons (Fsp3) is 0.455. The van der Waals surface area contributed by atoms with E-state index in [1.54, 1.807) is 0 Å². The summed E-state index contributed by atoms with van der Waals surface area (Å²) in [6.45, 7) is 0.449. The van der Waals surface area contributed by atoms with Gasteiger partial charge in [-0.1, -0.05) is 45.6 Å². The Morgan fingerprint density at radius 2 is 1.83 bits per heavy atom. The number of sulfonamides is 1. The minimum absolute atomic E-state index is 0.0478. The summed E-state index contributed by atoms with van der Waals surface area (Å²) in [4.78, 5) is -0.0478. The van der Waals surface area contributed by atoms with Crippen LogP contribution >= 0.6 is 39.1 Å². The van der Waals surface area contributed by atoms with E-state index in [2.05, 4.69) is 20.7 Å². The number of halogens is 3. The van der Waals surface area contributed by atoms with E-state index in [-0.39, 0.29) is 14.9 Å². The summed E-state index contributed by atoms with van der Waals surface area (Å²) in [7, 11) is -3.64. The van der Waals surface area contributed by atoms with Crippen LogP contribution in [0.1, 0.15) is 19.3 Å². The summed E-state index contributed by atoms with van der Waals surface area (Å²) in [5, 5.41) is 0.242. The Morgan fingerprint density at radius 3 is 2.28 bits per heavy atom. The number of benzene rings is 1. The second-order valence-electron chi connectivity index (χ2n) is 4.35. The molecule has 18 heavy (non-hydrogen) atoms. The molecule has 0 unspecified atom stereocenters. The molecule has 1 aliphatic rings. The summed E-state index contributed by atoms with van der Waals surface area (Å²) in [6, 6.07) is 3.04. The first-order chi connectivity index (χ1) is 8.40. The fourth-order valence-corrected chi connectivity index (χ4v) is 4.83. The fourth-order valence-electron chi connectivity index (χ4n) is 1.78. The average molecular weight is 373 g/mol. The van der Waals surface area contributed by atoms with Gasteiger partial charge in [0.2, 0.25) is 10.0 Å². The first-order valence-electron chi connectivity index (χ1n) is 5.54. The van der Waals surface area contributed by atoms with Crippen molar-refractivity contribution >= 4 is 49.2 Å². The van der Waals surface area contributed by atoms with Crippen molar-refractivity contribution < 1.29 is 8.42 Å². The predicted octanol–water partition coefficient (Wildman–Crippen LogP) is 3.83. The number of hydrogen-bond donors (Lipinski definition) is 1. The van der Waals surface area contributed by atoms with E-state index in [4.69, 9.17) is 23.2 Å². The molecule has 0 bridgehead atoms. The van der Waals surface area contributed by atoms with Gasteiger partial charge < -0.3 is 0 Å². The molecule has 1 N–H and O–H groups in total. The highest BCUT2D eigenvalue weighted by Gasteiger charge is 2.25. The Balaban J connectivity index is 2.23. The molecular weight excluding hydrogens is 361 g/mol. The molecule has 0 atom stereocenters. The Kier molecular flexibility index (Phi) is 4.60. The van der Waals surface area contributed by atoms with Crippen LogP contribution in [0.15, 0.2) is 21.5 Å². The lowest BCUT2D eigenvalue weighted by Crippen LogP contribution is -2.32. The zero-order valence-electron chi connectivity index (χ0n) is 9.42. The lowest BCUT2D eigenvalue weighted by molar-refractivity contribution is 0.316. The number of nitrogens with one attached hydrogen (secondary N) is 1. The first kappa shape index (κ1) is 14.6. The van der Waals surface area contributed by atoms with Crippen molar-refractivity contribution in [3.8, 4) is 0 Å². The molecule has 0 heterocycles. The van der Waals surface area contributed by atoms with E-state index < -0.39 is 10.0 Å². The SMILES string of the molecule is O=S(=O)(NCC1CCC1)c1c(Cl)cc(Br)cc1Cl. The van der Waals surface area contributed by atoms with Gasteiger partial charge in [-0.2, -0.15) is 0 Å². The molecule has 0 aliphatic heterocycles. The van der Waals surface area contributed by atoms with Crippen LogP contribution in [-0.4, -0.2) is 15.0 Å². The van der Waals surface area contributed by atoms with Crippen LogP contribution in [-0.2, 0) is 10.0 Å². The van der Waals surface area contributed by atoms with Crippen LogP contribution in [0.3, 0.4) is 0 Å². The largest absolute Gasteiger partial charge is 0.243 e. The Morgan fingerprint density at radius 1 is 1.28 bits per heavy atom. The van der Waals surface area contributed by atoms with E-state index >= 15 is 0 Å². The number of rotatable bonds is 4. The van der Waals surface area contributed by atoms with Gasteiger partial charge in [0.05, 0.1) is 10.0 Å². The molecule has 100 valence electrons. The van der Waals surface area contributed by atoms with Crippen LogP contribution in [0.5, 0.6) is 0 Å². The average Bonchev–Trinajstić information content (AvgIpc) is 2.11. The van der Waals surface area contributed by atoms with Crippen LogP contribution in [0.25, 0.3) is 0 Å². The molecule has 0 amide bonds. The second-order valence-corrected chi connectivity index (χ2v) is 7.78.